The standard InChI is InChI=1S/C32H26N2O4/c1-34(26-6-5-9-28(20-26)37-27-7-3-2-4-8-27)30-21-29(38-33-30)24-12-10-22(11-13-24)23-14-16-25(17-15-23)32(18-19-32)31(35)36/h2-17,20-21H,18-19H2,1H3,(H,35,36). The number of carboxylic acid groups (broad SMARTS) is 1. The van der Waals surface area contributed by atoms with Crippen LogP contribution in [0.15, 0.2) is 114 Å². The monoisotopic (exact) mass is 502 g/mol. The first-order chi connectivity index (χ1) is 18.5. The largest absolute Gasteiger partial charge is 0.481 e. The number of aromatic nitrogens is 1. The van der Waals surface area contributed by atoms with E-state index in [1.807, 2.05) is 121 Å². The molecule has 0 spiro atoms. The molecule has 1 fully saturated rings. The summed E-state index contributed by atoms with van der Waals surface area (Å²) in [6.07, 6.45) is 1.41. The van der Waals surface area contributed by atoms with Crippen molar-refractivity contribution in [2.45, 2.75) is 18.3 Å². The highest BCUT2D eigenvalue weighted by molar-refractivity contribution is 5.85. The number of para-hydroxylation sites is 1. The lowest BCUT2D eigenvalue weighted by atomic mass is 9.93. The van der Waals surface area contributed by atoms with E-state index in [1.165, 1.54) is 0 Å². The molecule has 4 aromatic carbocycles. The lowest BCUT2D eigenvalue weighted by molar-refractivity contribution is -0.140. The highest BCUT2D eigenvalue weighted by Crippen LogP contribution is 2.48. The summed E-state index contributed by atoms with van der Waals surface area (Å²) in [5, 5.41) is 13.8. The van der Waals surface area contributed by atoms with Gasteiger partial charge in [0, 0.05) is 30.4 Å². The zero-order valence-corrected chi connectivity index (χ0v) is 20.9. The van der Waals surface area contributed by atoms with Crippen LogP contribution in [0.4, 0.5) is 11.5 Å². The van der Waals surface area contributed by atoms with Gasteiger partial charge in [-0.15, -0.1) is 0 Å². The van der Waals surface area contributed by atoms with E-state index in [4.69, 9.17) is 9.26 Å². The molecule has 1 saturated carbocycles. The molecule has 0 unspecified atom stereocenters. The second-order valence-electron chi connectivity index (χ2n) is 9.56. The molecule has 6 rings (SSSR count). The number of carboxylic acids is 1. The maximum absolute atomic E-state index is 11.6. The molecule has 6 heteroatoms. The Hall–Kier alpha value is -4.84. The van der Waals surface area contributed by atoms with E-state index in [9.17, 15) is 9.90 Å². The maximum Gasteiger partial charge on any atom is 0.314 e. The Balaban J connectivity index is 1.16. The number of ether oxygens (including phenoxy) is 1. The lowest BCUT2D eigenvalue weighted by Crippen LogP contribution is -2.19. The summed E-state index contributed by atoms with van der Waals surface area (Å²) in [5.74, 6) is 2.14. The van der Waals surface area contributed by atoms with Crippen molar-refractivity contribution in [3.8, 4) is 33.9 Å². The molecule has 0 amide bonds. The molecule has 0 radical (unpaired) electrons. The van der Waals surface area contributed by atoms with E-state index in [2.05, 4.69) is 5.16 Å². The number of hydrogen-bond donors (Lipinski definition) is 1. The van der Waals surface area contributed by atoms with Gasteiger partial charge in [-0.1, -0.05) is 78.0 Å². The van der Waals surface area contributed by atoms with E-state index >= 15 is 0 Å². The number of anilines is 2. The van der Waals surface area contributed by atoms with Gasteiger partial charge in [-0.25, -0.2) is 0 Å². The molecule has 0 atom stereocenters. The van der Waals surface area contributed by atoms with Crippen LogP contribution in [-0.4, -0.2) is 23.3 Å². The first-order valence-electron chi connectivity index (χ1n) is 12.5. The van der Waals surface area contributed by atoms with Gasteiger partial charge < -0.3 is 19.3 Å². The van der Waals surface area contributed by atoms with Crippen molar-refractivity contribution in [1.82, 2.24) is 5.16 Å². The molecule has 1 N–H and O–H groups in total. The number of benzene rings is 4. The quantitative estimate of drug-likeness (QED) is 0.234. The third-order valence-corrected chi connectivity index (χ3v) is 7.12. The van der Waals surface area contributed by atoms with Gasteiger partial charge in [-0.3, -0.25) is 4.79 Å². The number of rotatable bonds is 8. The third kappa shape index (κ3) is 4.52. The van der Waals surface area contributed by atoms with Crippen LogP contribution < -0.4 is 9.64 Å². The van der Waals surface area contributed by atoms with Crippen LogP contribution in [0, 0.1) is 0 Å². The van der Waals surface area contributed by atoms with Crippen LogP contribution in [0.3, 0.4) is 0 Å². The van der Waals surface area contributed by atoms with E-state index < -0.39 is 11.4 Å². The van der Waals surface area contributed by atoms with Crippen molar-refractivity contribution < 1.29 is 19.2 Å². The molecule has 1 aliphatic rings. The van der Waals surface area contributed by atoms with Crippen LogP contribution in [0.2, 0.25) is 0 Å². The van der Waals surface area contributed by atoms with E-state index in [-0.39, 0.29) is 0 Å². The van der Waals surface area contributed by atoms with Gasteiger partial charge >= 0.3 is 5.97 Å². The molecule has 1 aliphatic carbocycles. The molecule has 0 aliphatic heterocycles. The van der Waals surface area contributed by atoms with Crippen LogP contribution in [0.5, 0.6) is 11.5 Å². The third-order valence-electron chi connectivity index (χ3n) is 7.12. The van der Waals surface area contributed by atoms with E-state index in [0.717, 1.165) is 39.4 Å². The van der Waals surface area contributed by atoms with Crippen molar-refractivity contribution in [2.75, 3.05) is 11.9 Å². The highest BCUT2D eigenvalue weighted by Gasteiger charge is 2.51. The van der Waals surface area contributed by atoms with Gasteiger partial charge in [0.1, 0.15) is 11.5 Å². The SMILES string of the molecule is CN(c1cccc(Oc2ccccc2)c1)c1cc(-c2ccc(-c3ccc(C4(C(=O)O)CC4)cc3)cc2)on1. The molecule has 1 heterocycles. The van der Waals surface area contributed by atoms with E-state index in [0.29, 0.717) is 24.4 Å². The lowest BCUT2D eigenvalue weighted by Gasteiger charge is -2.16. The van der Waals surface area contributed by atoms with Crippen LogP contribution in [-0.2, 0) is 10.2 Å². The molecule has 5 aromatic rings. The van der Waals surface area contributed by atoms with Gasteiger partial charge in [0.05, 0.1) is 5.41 Å². The van der Waals surface area contributed by atoms with Gasteiger partial charge in [-0.2, -0.15) is 0 Å². The normalized spacial score (nSPS) is 13.6. The second kappa shape index (κ2) is 9.56. The number of nitrogens with zero attached hydrogens (tertiary/aromatic N) is 2. The smallest absolute Gasteiger partial charge is 0.314 e. The Morgan fingerprint density at radius 3 is 2.11 bits per heavy atom. The Bertz CT molecular complexity index is 1570. The Kier molecular flexibility index (Phi) is 5.92. The average Bonchev–Trinajstić information content (AvgIpc) is 3.64. The minimum Gasteiger partial charge on any atom is -0.481 e. The van der Waals surface area contributed by atoms with Crippen molar-refractivity contribution >= 4 is 17.5 Å². The van der Waals surface area contributed by atoms with Gasteiger partial charge in [0.2, 0.25) is 0 Å². The van der Waals surface area contributed by atoms with Crippen LogP contribution in [0.25, 0.3) is 22.5 Å². The maximum atomic E-state index is 11.6. The summed E-state index contributed by atoms with van der Waals surface area (Å²) >= 11 is 0. The Labute approximate surface area is 220 Å². The first kappa shape index (κ1) is 23.6. The molecule has 1 aromatic heterocycles. The molecule has 0 saturated heterocycles. The predicted octanol–water partition coefficient (Wildman–Crippen LogP) is 7.69. The Morgan fingerprint density at radius 1 is 0.816 bits per heavy atom. The van der Waals surface area contributed by atoms with Crippen molar-refractivity contribution in [2.24, 2.45) is 0 Å². The van der Waals surface area contributed by atoms with Crippen LogP contribution >= 0.6 is 0 Å². The summed E-state index contributed by atoms with van der Waals surface area (Å²) in [6, 6.07) is 35.3. The van der Waals surface area contributed by atoms with Gasteiger partial charge in [-0.05, 0) is 53.8 Å². The van der Waals surface area contributed by atoms with Gasteiger partial charge in [0.25, 0.3) is 0 Å². The number of aliphatic carboxylic acids is 1. The minimum absolute atomic E-state index is 0.669. The fourth-order valence-electron chi connectivity index (χ4n) is 4.63. The topological polar surface area (TPSA) is 75.8 Å². The van der Waals surface area contributed by atoms with E-state index in [1.54, 1.807) is 0 Å². The molecule has 188 valence electrons. The fourth-order valence-corrected chi connectivity index (χ4v) is 4.63. The van der Waals surface area contributed by atoms with Crippen molar-refractivity contribution in [3.05, 3.63) is 115 Å². The summed E-state index contributed by atoms with van der Waals surface area (Å²) in [4.78, 5) is 13.5. The minimum atomic E-state index is -0.736. The molecular formula is C32H26N2O4. The summed E-state index contributed by atoms with van der Waals surface area (Å²) in [6.45, 7) is 0. The molecule has 0 bridgehead atoms. The van der Waals surface area contributed by atoms with Gasteiger partial charge in [0.15, 0.2) is 11.6 Å². The van der Waals surface area contributed by atoms with Crippen molar-refractivity contribution in [1.29, 1.82) is 0 Å². The van der Waals surface area contributed by atoms with Crippen LogP contribution in [0.1, 0.15) is 18.4 Å². The zero-order chi connectivity index (χ0) is 26.1. The number of hydrogen-bond acceptors (Lipinski definition) is 5. The molecule has 38 heavy (non-hydrogen) atoms. The first-order valence-corrected chi connectivity index (χ1v) is 12.5. The molecule has 6 nitrogen and oxygen atoms in total. The predicted molar refractivity (Wildman–Crippen MR) is 147 cm³/mol. The highest BCUT2D eigenvalue weighted by atomic mass is 16.5. The average molecular weight is 503 g/mol. The molecular weight excluding hydrogens is 476 g/mol. The van der Waals surface area contributed by atoms with Crippen molar-refractivity contribution in [3.63, 3.8) is 0 Å². The second-order valence-corrected chi connectivity index (χ2v) is 9.56. The fraction of sp³-hybridized carbons (Fsp3) is 0.125. The summed E-state index contributed by atoms with van der Waals surface area (Å²) in [7, 11) is 1.94. The summed E-state index contributed by atoms with van der Waals surface area (Å²) < 4.78 is 11.6. The number of carbonyl (C=O) groups is 1. The summed E-state index contributed by atoms with van der Waals surface area (Å²) in [5.41, 5.74) is 4.12. The Morgan fingerprint density at radius 2 is 1.45 bits per heavy atom. The zero-order valence-electron chi connectivity index (χ0n) is 20.9.